The maximum absolute atomic E-state index is 13.6. The second kappa shape index (κ2) is 19.0. The van der Waals surface area contributed by atoms with Crippen LogP contribution in [0.4, 0.5) is 23.7 Å². The van der Waals surface area contributed by atoms with E-state index in [-0.39, 0.29) is 33.7 Å². The monoisotopic (exact) mass is 855 g/mol. The van der Waals surface area contributed by atoms with Gasteiger partial charge in [-0.3, -0.25) is 24.8 Å². The first-order chi connectivity index (χ1) is 25.7. The Hall–Kier alpha value is -4.04. The van der Waals surface area contributed by atoms with Crippen LogP contribution in [0, 0.1) is 22.5 Å². The Bertz CT molecular complexity index is 1970. The number of carbonyl (C=O) groups is 2. The summed E-state index contributed by atoms with van der Waals surface area (Å²) in [6.07, 6.45) is -0.342. The van der Waals surface area contributed by atoms with E-state index in [1.165, 1.54) is 18.6 Å². The number of nitrogens with one attached hydrogen (secondary N) is 4. The zero-order valence-corrected chi connectivity index (χ0v) is 33.3. The minimum atomic E-state index is -4.87. The predicted octanol–water partition coefficient (Wildman–Crippen LogP) is 8.14. The molecule has 17 heteroatoms. The van der Waals surface area contributed by atoms with Crippen molar-refractivity contribution < 1.29 is 37.0 Å². The molecule has 0 unspecified atom stereocenters. The lowest BCUT2D eigenvalue weighted by atomic mass is 9.90. The number of likely N-dealkylation sites (N-methyl/N-ethyl adjacent to an activating group) is 1. The van der Waals surface area contributed by atoms with Crippen molar-refractivity contribution in [2.45, 2.75) is 70.2 Å². The number of hydrogen-bond donors (Lipinski definition) is 4. The molecule has 2 aliphatic heterocycles. The number of fused-ring (bicyclic) bond motifs is 1. The van der Waals surface area contributed by atoms with Crippen LogP contribution in [0.15, 0.2) is 45.7 Å². The van der Waals surface area contributed by atoms with E-state index < -0.39 is 17.9 Å². The zero-order valence-electron chi connectivity index (χ0n) is 30.2. The van der Waals surface area contributed by atoms with Crippen LogP contribution < -0.4 is 25.7 Å². The number of likely N-dealkylation sites (tertiary alicyclic amines) is 1. The molecule has 1 aliphatic carbocycles. The van der Waals surface area contributed by atoms with Crippen molar-refractivity contribution in [1.82, 2.24) is 20.2 Å². The van der Waals surface area contributed by atoms with Crippen LogP contribution in [0.3, 0.4) is 0 Å². The van der Waals surface area contributed by atoms with Crippen molar-refractivity contribution in [2.24, 2.45) is 5.92 Å². The molecule has 4 N–H and O–H groups in total. The van der Waals surface area contributed by atoms with Crippen LogP contribution in [-0.4, -0.2) is 72.9 Å². The van der Waals surface area contributed by atoms with Gasteiger partial charge in [-0.05, 0) is 110 Å². The number of cyclic esters (lactones) is 1. The number of carbonyl (C=O) groups excluding carboxylic acids is 2. The van der Waals surface area contributed by atoms with Gasteiger partial charge in [0, 0.05) is 40.9 Å². The third-order valence-corrected chi connectivity index (χ3v) is 9.80. The Morgan fingerprint density at radius 3 is 2.48 bits per heavy atom. The highest BCUT2D eigenvalue weighted by Gasteiger charge is 2.62. The lowest BCUT2D eigenvalue weighted by Crippen LogP contribution is -2.49. The molecule has 1 saturated carbocycles. The molecule has 11 nitrogen and oxygen atoms in total. The third kappa shape index (κ3) is 10.8. The molecule has 1 aromatic heterocycles. The van der Waals surface area contributed by atoms with E-state index in [1.54, 1.807) is 26.4 Å². The average Bonchev–Trinajstić information content (AvgIpc) is 3.84. The molecule has 2 atom stereocenters. The standard InChI is InChI=1S/C16H23BrN2O3.C14H9ClF3NO2.C7H10N2OS/c1-4-19-9-5-6-11(19)10-18-16(20)14-13(21-2)8-7-12(17)15(14)22-3;15-9-3-4-11-10(7-9)13(14(16,17)18,21-12(20)19-11)6-5-8-1-2-8;1-2-3-5-4-6(10)9-7(11)8-5/h7-8,11H,4-6,9-10H2,1-3H3,(H,18,20);3-4,7-8H,1-2H2,(H,19,20);4H,2-3H2,1H3,(H2,8,9,10,11)/t11-;13-;/m00./s1. The quantitative estimate of drug-likeness (QED) is 0.132. The number of rotatable bonds is 8. The number of aryl methyl sites for hydroxylation is 1. The van der Waals surface area contributed by atoms with E-state index in [0.717, 1.165) is 61.4 Å². The number of H-pyrrole nitrogens is 2. The largest absolute Gasteiger partial charge is 0.496 e. The summed E-state index contributed by atoms with van der Waals surface area (Å²) in [7, 11) is 3.10. The fourth-order valence-corrected chi connectivity index (χ4v) is 6.84. The van der Waals surface area contributed by atoms with Crippen molar-refractivity contribution in [3.8, 4) is 23.3 Å². The minimum Gasteiger partial charge on any atom is -0.496 e. The van der Waals surface area contributed by atoms with Crippen molar-refractivity contribution in [1.29, 1.82) is 0 Å². The summed E-state index contributed by atoms with van der Waals surface area (Å²) in [5.41, 5.74) is -2.06. The molecule has 3 aliphatic rings. The maximum atomic E-state index is 13.6. The third-order valence-electron chi connectivity index (χ3n) is 8.73. The van der Waals surface area contributed by atoms with E-state index in [9.17, 15) is 27.6 Å². The van der Waals surface area contributed by atoms with Gasteiger partial charge in [0.05, 0.1) is 24.4 Å². The van der Waals surface area contributed by atoms with Crippen LogP contribution in [0.25, 0.3) is 0 Å². The van der Waals surface area contributed by atoms with Crippen molar-refractivity contribution in [3.05, 3.63) is 77.8 Å². The zero-order chi connectivity index (χ0) is 39.6. The Morgan fingerprint density at radius 1 is 1.13 bits per heavy atom. The molecule has 54 heavy (non-hydrogen) atoms. The molecule has 2 amide bonds. The Balaban J connectivity index is 0.000000191. The highest BCUT2D eigenvalue weighted by atomic mass is 79.9. The van der Waals surface area contributed by atoms with Crippen LogP contribution in [-0.2, 0) is 16.8 Å². The number of hydrogen-bond acceptors (Lipinski definition) is 8. The number of ether oxygens (including phenoxy) is 3. The van der Waals surface area contributed by atoms with E-state index >= 15 is 0 Å². The van der Waals surface area contributed by atoms with Crippen molar-refractivity contribution in [3.63, 3.8) is 0 Å². The fourth-order valence-electron chi connectivity index (χ4n) is 5.94. The minimum absolute atomic E-state index is 0.00179. The fraction of sp³-hybridized carbons (Fsp3) is 0.459. The van der Waals surface area contributed by atoms with Gasteiger partial charge in [0.25, 0.3) is 17.1 Å². The van der Waals surface area contributed by atoms with Crippen LogP contribution in [0.1, 0.15) is 67.6 Å². The maximum Gasteiger partial charge on any atom is 0.445 e. The number of methoxy groups -OCH3 is 2. The molecule has 3 aromatic rings. The van der Waals surface area contributed by atoms with E-state index in [1.807, 2.05) is 6.07 Å². The summed E-state index contributed by atoms with van der Waals surface area (Å²) in [5, 5.41) is 5.36. The predicted molar refractivity (Wildman–Crippen MR) is 206 cm³/mol. The van der Waals surface area contributed by atoms with Gasteiger partial charge in [-0.2, -0.15) is 13.2 Å². The lowest BCUT2D eigenvalue weighted by Gasteiger charge is -2.35. The molecule has 0 bridgehead atoms. The molecular formula is C37H42BrClF3N5O6S. The molecule has 2 fully saturated rings. The van der Waals surface area contributed by atoms with Gasteiger partial charge in [-0.25, -0.2) is 4.79 Å². The molecule has 1 saturated heterocycles. The number of halogens is 5. The molecule has 6 rings (SSSR count). The summed E-state index contributed by atoms with van der Waals surface area (Å²) in [4.78, 5) is 42.7. The van der Waals surface area contributed by atoms with E-state index in [4.69, 9.17) is 33.3 Å². The summed E-state index contributed by atoms with van der Waals surface area (Å²) >= 11 is 14.0. The van der Waals surface area contributed by atoms with Gasteiger partial charge < -0.3 is 24.5 Å². The van der Waals surface area contributed by atoms with Gasteiger partial charge >= 0.3 is 12.3 Å². The number of aromatic nitrogens is 2. The summed E-state index contributed by atoms with van der Waals surface area (Å²) in [6.45, 7) is 6.98. The van der Waals surface area contributed by atoms with E-state index in [0.29, 0.717) is 34.4 Å². The second-order valence-corrected chi connectivity index (χ2v) is 14.3. The summed E-state index contributed by atoms with van der Waals surface area (Å²) < 4.78 is 57.2. The first kappa shape index (κ1) is 42.7. The first-order valence-electron chi connectivity index (χ1n) is 17.3. The topological polar surface area (TPSA) is 138 Å². The number of aromatic amines is 2. The Morgan fingerprint density at radius 2 is 1.87 bits per heavy atom. The van der Waals surface area contributed by atoms with Crippen molar-refractivity contribution in [2.75, 3.05) is 39.2 Å². The highest BCUT2D eigenvalue weighted by molar-refractivity contribution is 9.10. The van der Waals surface area contributed by atoms with Gasteiger partial charge in [0.15, 0.2) is 4.77 Å². The van der Waals surface area contributed by atoms with Crippen molar-refractivity contribution >= 4 is 57.4 Å². The Labute approximate surface area is 329 Å². The van der Waals surface area contributed by atoms with Gasteiger partial charge in [0.1, 0.15) is 17.1 Å². The van der Waals surface area contributed by atoms with E-state index in [2.05, 4.69) is 71.9 Å². The number of nitrogens with zero attached hydrogens (tertiary/aromatic N) is 1. The van der Waals surface area contributed by atoms with Gasteiger partial charge in [0.2, 0.25) is 0 Å². The number of amides is 2. The lowest BCUT2D eigenvalue weighted by molar-refractivity contribution is -0.239. The molecule has 3 heterocycles. The molecule has 2 aromatic carbocycles. The number of benzene rings is 2. The molecule has 292 valence electrons. The molecule has 0 spiro atoms. The van der Waals surface area contributed by atoms with Crippen LogP contribution >= 0.6 is 39.7 Å². The van der Waals surface area contributed by atoms with Crippen LogP contribution in [0.5, 0.6) is 11.5 Å². The summed E-state index contributed by atoms with van der Waals surface area (Å²) in [6, 6.07) is 9.33. The Kier molecular flexibility index (Phi) is 15.0. The second-order valence-electron chi connectivity index (χ2n) is 12.6. The molecular weight excluding hydrogens is 815 g/mol. The van der Waals surface area contributed by atoms with Gasteiger partial charge in [-0.1, -0.05) is 37.8 Å². The number of alkyl halides is 3. The first-order valence-corrected chi connectivity index (χ1v) is 18.9. The normalized spacial score (nSPS) is 18.9. The van der Waals surface area contributed by atoms with Gasteiger partial charge in [-0.15, -0.1) is 0 Å². The molecule has 0 radical (unpaired) electrons. The van der Waals surface area contributed by atoms with Crippen LogP contribution in [0.2, 0.25) is 5.02 Å². The highest BCUT2D eigenvalue weighted by Crippen LogP contribution is 2.48. The number of anilines is 1. The smallest absolute Gasteiger partial charge is 0.445 e. The average molecular weight is 857 g/mol. The summed E-state index contributed by atoms with van der Waals surface area (Å²) in [5.74, 6) is 5.44. The SMILES string of the molecule is CCCc1cc(=O)[nH]c(=S)[nH]1.CCN1CCC[C@H]1CNC(=O)c1c(OC)ccc(Br)c1OC.O=C1Nc2ccc(Cl)cc2[C@@](C#CC2CC2)(C(F)(F)F)O1.